The van der Waals surface area contributed by atoms with Gasteiger partial charge in [0.15, 0.2) is 0 Å². The van der Waals surface area contributed by atoms with E-state index in [2.05, 4.69) is 10.6 Å². The molecule has 2 N–H and O–H groups in total. The second kappa shape index (κ2) is 7.07. The smallest absolute Gasteiger partial charge is 0.251 e. The molecule has 0 aromatic heterocycles. The molecule has 0 bridgehead atoms. The Morgan fingerprint density at radius 1 is 1.26 bits per heavy atom. The first kappa shape index (κ1) is 15.4. The van der Waals surface area contributed by atoms with Gasteiger partial charge in [0.05, 0.1) is 0 Å². The largest absolute Gasteiger partial charge is 0.381 e. The number of hydrogen-bond acceptors (Lipinski definition) is 2. The predicted molar refractivity (Wildman–Crippen MR) is 72.3 cm³/mol. The van der Waals surface area contributed by atoms with E-state index < -0.39 is 17.5 Å². The van der Waals surface area contributed by atoms with Gasteiger partial charge in [0.1, 0.15) is 17.3 Å². The molecule has 0 aliphatic rings. The Bertz CT molecular complexity index is 426. The van der Waals surface area contributed by atoms with E-state index in [1.54, 1.807) is 6.92 Å². The molecule has 0 spiro atoms. The van der Waals surface area contributed by atoms with Crippen molar-refractivity contribution in [1.82, 2.24) is 5.32 Å². The van der Waals surface area contributed by atoms with Gasteiger partial charge < -0.3 is 10.6 Å². The molecule has 0 fully saturated rings. The van der Waals surface area contributed by atoms with Gasteiger partial charge in [-0.3, -0.25) is 4.79 Å². The summed E-state index contributed by atoms with van der Waals surface area (Å²) in [6.45, 7) is 6.66. The molecule has 1 amide bonds. The van der Waals surface area contributed by atoms with Gasteiger partial charge in [-0.15, -0.1) is 0 Å². The number of carbonyl (C=O) groups is 1. The second-order valence-corrected chi connectivity index (χ2v) is 4.57. The number of anilines is 1. The van der Waals surface area contributed by atoms with Crippen molar-refractivity contribution >= 4 is 11.6 Å². The van der Waals surface area contributed by atoms with Crippen molar-refractivity contribution in [3.63, 3.8) is 0 Å². The third-order valence-electron chi connectivity index (χ3n) is 2.97. The van der Waals surface area contributed by atoms with Gasteiger partial charge in [0.2, 0.25) is 0 Å². The molecule has 0 radical (unpaired) electrons. The van der Waals surface area contributed by atoms with Gasteiger partial charge in [-0.25, -0.2) is 8.78 Å². The summed E-state index contributed by atoms with van der Waals surface area (Å²) >= 11 is 0. The van der Waals surface area contributed by atoms with Crippen molar-refractivity contribution in [3.05, 3.63) is 29.3 Å². The van der Waals surface area contributed by atoms with Crippen molar-refractivity contribution in [3.8, 4) is 0 Å². The Morgan fingerprint density at radius 2 is 1.84 bits per heavy atom. The minimum absolute atomic E-state index is 0.0000406. The lowest BCUT2D eigenvalue weighted by Gasteiger charge is -2.12. The van der Waals surface area contributed by atoms with Crippen molar-refractivity contribution in [1.29, 1.82) is 0 Å². The van der Waals surface area contributed by atoms with Crippen LogP contribution in [0.25, 0.3) is 0 Å². The summed E-state index contributed by atoms with van der Waals surface area (Å²) in [6, 6.07) is 2.10. The summed E-state index contributed by atoms with van der Waals surface area (Å²) in [5, 5.41) is 5.25. The Morgan fingerprint density at radius 3 is 2.32 bits per heavy atom. The zero-order valence-corrected chi connectivity index (χ0v) is 11.5. The van der Waals surface area contributed by atoms with E-state index in [1.807, 2.05) is 13.8 Å². The van der Waals surface area contributed by atoms with Crippen LogP contribution >= 0.6 is 0 Å². The van der Waals surface area contributed by atoms with Crippen molar-refractivity contribution in [2.24, 2.45) is 5.92 Å². The molecule has 1 aromatic rings. The minimum atomic E-state index is -0.754. The molecule has 0 aliphatic heterocycles. The zero-order valence-electron chi connectivity index (χ0n) is 11.5. The maximum atomic E-state index is 13.6. The van der Waals surface area contributed by atoms with E-state index >= 15 is 0 Å². The summed E-state index contributed by atoms with van der Waals surface area (Å²) in [5.74, 6) is -1.63. The van der Waals surface area contributed by atoms with E-state index in [-0.39, 0.29) is 11.3 Å². The fraction of sp³-hybridized carbons (Fsp3) is 0.500. The molecular weight excluding hydrogens is 250 g/mol. The van der Waals surface area contributed by atoms with E-state index in [4.69, 9.17) is 0 Å². The van der Waals surface area contributed by atoms with Crippen LogP contribution in [0.4, 0.5) is 14.5 Å². The van der Waals surface area contributed by atoms with Gasteiger partial charge >= 0.3 is 0 Å². The van der Waals surface area contributed by atoms with Crippen LogP contribution in [0.1, 0.15) is 37.6 Å². The molecule has 106 valence electrons. The van der Waals surface area contributed by atoms with Gasteiger partial charge in [-0.1, -0.05) is 20.3 Å². The summed E-state index contributed by atoms with van der Waals surface area (Å²) in [5.41, 5.74) is -0.194. The third kappa shape index (κ3) is 4.19. The van der Waals surface area contributed by atoms with E-state index in [1.165, 1.54) is 0 Å². The number of hydrogen-bond donors (Lipinski definition) is 2. The fourth-order valence-electron chi connectivity index (χ4n) is 1.56. The summed E-state index contributed by atoms with van der Waals surface area (Å²) in [7, 11) is 0. The van der Waals surface area contributed by atoms with Crippen molar-refractivity contribution in [2.45, 2.75) is 27.2 Å². The number of halogens is 2. The molecule has 0 heterocycles. The van der Waals surface area contributed by atoms with Crippen LogP contribution in [-0.2, 0) is 0 Å². The summed E-state index contributed by atoms with van der Waals surface area (Å²) < 4.78 is 27.3. The Balaban J connectivity index is 2.81. The van der Waals surface area contributed by atoms with Crippen LogP contribution in [0.3, 0.4) is 0 Å². The molecule has 19 heavy (non-hydrogen) atoms. The molecule has 3 nitrogen and oxygen atoms in total. The number of amides is 1. The van der Waals surface area contributed by atoms with Crippen molar-refractivity contribution in [2.75, 3.05) is 18.4 Å². The lowest BCUT2D eigenvalue weighted by Crippen LogP contribution is -2.28. The predicted octanol–water partition coefficient (Wildman–Crippen LogP) is 3.17. The first-order chi connectivity index (χ1) is 8.99. The van der Waals surface area contributed by atoms with E-state index in [9.17, 15) is 13.6 Å². The van der Waals surface area contributed by atoms with Gasteiger partial charge in [-0.2, -0.15) is 0 Å². The number of nitrogens with one attached hydrogen (secondary N) is 2. The van der Waals surface area contributed by atoms with Crippen LogP contribution < -0.4 is 10.6 Å². The lowest BCUT2D eigenvalue weighted by atomic mass is 10.1. The Hall–Kier alpha value is -1.65. The first-order valence-electron chi connectivity index (χ1n) is 6.50. The standard InChI is InChI=1S/C14H20F2N2O/c1-4-9(3)8-18-14(19)10-6-11(15)13(17-5-2)12(16)7-10/h6-7,9,17H,4-5,8H2,1-3H3,(H,18,19). The van der Waals surface area contributed by atoms with E-state index in [0.29, 0.717) is 19.0 Å². The molecule has 0 saturated heterocycles. The van der Waals surface area contributed by atoms with Gasteiger partial charge in [-0.05, 0) is 25.0 Å². The fourth-order valence-corrected chi connectivity index (χ4v) is 1.56. The third-order valence-corrected chi connectivity index (χ3v) is 2.97. The highest BCUT2D eigenvalue weighted by Crippen LogP contribution is 2.20. The highest BCUT2D eigenvalue weighted by molar-refractivity contribution is 5.94. The van der Waals surface area contributed by atoms with Crippen LogP contribution in [0.2, 0.25) is 0 Å². The van der Waals surface area contributed by atoms with Crippen LogP contribution in [-0.4, -0.2) is 19.0 Å². The SMILES string of the molecule is CCNc1c(F)cc(C(=O)NCC(C)CC)cc1F. The molecule has 1 aromatic carbocycles. The molecule has 1 atom stereocenters. The lowest BCUT2D eigenvalue weighted by molar-refractivity contribution is 0.0947. The Labute approximate surface area is 112 Å². The average molecular weight is 270 g/mol. The summed E-state index contributed by atoms with van der Waals surface area (Å²) in [6.07, 6.45) is 0.933. The molecule has 1 unspecified atom stereocenters. The molecule has 0 aliphatic carbocycles. The summed E-state index contributed by atoms with van der Waals surface area (Å²) in [4.78, 5) is 11.8. The zero-order chi connectivity index (χ0) is 14.4. The van der Waals surface area contributed by atoms with E-state index in [0.717, 1.165) is 18.6 Å². The maximum Gasteiger partial charge on any atom is 0.251 e. The topological polar surface area (TPSA) is 41.1 Å². The highest BCUT2D eigenvalue weighted by Gasteiger charge is 2.15. The van der Waals surface area contributed by atoms with Crippen LogP contribution in [0.15, 0.2) is 12.1 Å². The number of carbonyl (C=O) groups excluding carboxylic acids is 1. The highest BCUT2D eigenvalue weighted by atomic mass is 19.1. The second-order valence-electron chi connectivity index (χ2n) is 4.57. The quantitative estimate of drug-likeness (QED) is 0.833. The maximum absolute atomic E-state index is 13.6. The van der Waals surface area contributed by atoms with Gasteiger partial charge in [0, 0.05) is 18.7 Å². The van der Waals surface area contributed by atoms with Crippen LogP contribution in [0.5, 0.6) is 0 Å². The van der Waals surface area contributed by atoms with Crippen molar-refractivity contribution < 1.29 is 13.6 Å². The average Bonchev–Trinajstić information content (AvgIpc) is 2.39. The Kier molecular flexibility index (Phi) is 5.73. The molecule has 5 heteroatoms. The number of rotatable bonds is 6. The normalized spacial score (nSPS) is 12.1. The number of benzene rings is 1. The van der Waals surface area contributed by atoms with Gasteiger partial charge in [0.25, 0.3) is 5.91 Å². The minimum Gasteiger partial charge on any atom is -0.381 e. The monoisotopic (exact) mass is 270 g/mol. The molecule has 1 rings (SSSR count). The first-order valence-corrected chi connectivity index (χ1v) is 6.50. The molecule has 0 saturated carbocycles. The molecular formula is C14H20F2N2O. The van der Waals surface area contributed by atoms with Crippen LogP contribution in [0, 0.1) is 17.6 Å².